The zero-order valence-corrected chi connectivity index (χ0v) is 15.9. The van der Waals surface area contributed by atoms with Gasteiger partial charge in [-0.05, 0) is 24.1 Å². The zero-order valence-electron chi connectivity index (χ0n) is 15.0. The molecule has 1 aromatic heterocycles. The summed E-state index contributed by atoms with van der Waals surface area (Å²) in [4.78, 5) is 14.5. The second-order valence-corrected chi connectivity index (χ2v) is 8.80. The van der Waals surface area contributed by atoms with E-state index in [-0.39, 0.29) is 11.4 Å². The molecular formula is C20H20N2O4S. The lowest BCUT2D eigenvalue weighted by molar-refractivity contribution is -0.429. The number of nitrogens with zero attached hydrogens (tertiary/aromatic N) is 1. The van der Waals surface area contributed by atoms with E-state index in [1.54, 1.807) is 6.20 Å². The lowest BCUT2D eigenvalue weighted by Crippen LogP contribution is -2.14. The van der Waals surface area contributed by atoms with Crippen molar-refractivity contribution in [1.29, 1.82) is 0 Å². The number of para-hydroxylation sites is 1. The molecule has 0 aliphatic rings. The van der Waals surface area contributed by atoms with Gasteiger partial charge in [0.1, 0.15) is 5.92 Å². The zero-order chi connectivity index (χ0) is 19.6. The molecule has 0 fully saturated rings. The van der Waals surface area contributed by atoms with Gasteiger partial charge in [-0.25, -0.2) is 8.42 Å². The average molecular weight is 384 g/mol. The highest BCUT2D eigenvalue weighted by atomic mass is 32.2. The summed E-state index contributed by atoms with van der Waals surface area (Å²) >= 11 is 0. The monoisotopic (exact) mass is 384 g/mol. The summed E-state index contributed by atoms with van der Waals surface area (Å²) in [7, 11) is -3.38. The molecule has 7 heteroatoms. The number of aryl methyl sites for hydroxylation is 1. The van der Waals surface area contributed by atoms with Crippen molar-refractivity contribution in [3.63, 3.8) is 0 Å². The van der Waals surface area contributed by atoms with Gasteiger partial charge in [0.05, 0.1) is 10.7 Å². The lowest BCUT2D eigenvalue weighted by atomic mass is 9.87. The Balaban J connectivity index is 2.23. The van der Waals surface area contributed by atoms with E-state index in [0.717, 1.165) is 33.8 Å². The number of allylic oxidation sites excluding steroid dienone is 1. The molecule has 0 spiro atoms. The van der Waals surface area contributed by atoms with E-state index in [0.29, 0.717) is 0 Å². The van der Waals surface area contributed by atoms with Gasteiger partial charge < -0.3 is 4.98 Å². The summed E-state index contributed by atoms with van der Waals surface area (Å²) in [6.45, 7) is 1.94. The molecule has 6 nitrogen and oxygen atoms in total. The van der Waals surface area contributed by atoms with Crippen molar-refractivity contribution in [3.8, 4) is 0 Å². The molecular weight excluding hydrogens is 364 g/mol. The average Bonchev–Trinajstić information content (AvgIpc) is 3.02. The van der Waals surface area contributed by atoms with Gasteiger partial charge in [0.25, 0.3) is 5.70 Å². The predicted octanol–water partition coefficient (Wildman–Crippen LogP) is 3.81. The van der Waals surface area contributed by atoms with Crippen LogP contribution < -0.4 is 0 Å². The normalized spacial score (nSPS) is 13.6. The van der Waals surface area contributed by atoms with Crippen molar-refractivity contribution in [2.24, 2.45) is 0 Å². The minimum absolute atomic E-state index is 0.144. The Morgan fingerprint density at radius 2 is 1.85 bits per heavy atom. The molecule has 0 radical (unpaired) electrons. The van der Waals surface area contributed by atoms with E-state index in [2.05, 4.69) is 4.98 Å². The van der Waals surface area contributed by atoms with E-state index in [1.807, 2.05) is 55.5 Å². The van der Waals surface area contributed by atoms with E-state index in [1.165, 1.54) is 6.08 Å². The summed E-state index contributed by atoms with van der Waals surface area (Å²) in [5.41, 5.74) is 3.25. The number of aromatic amines is 1. The van der Waals surface area contributed by atoms with Crippen LogP contribution in [-0.4, -0.2) is 30.3 Å². The second kappa shape index (κ2) is 7.36. The molecule has 27 heavy (non-hydrogen) atoms. The summed E-state index contributed by atoms with van der Waals surface area (Å²) in [6.07, 6.45) is 4.03. The topological polar surface area (TPSA) is 93.1 Å². The Labute approximate surface area is 157 Å². The van der Waals surface area contributed by atoms with Crippen LogP contribution in [0.15, 0.2) is 66.5 Å². The number of rotatable bonds is 6. The lowest BCUT2D eigenvalue weighted by Gasteiger charge is -2.15. The molecule has 1 heterocycles. The number of fused-ring (bicyclic) bond motifs is 1. The van der Waals surface area contributed by atoms with Gasteiger partial charge >= 0.3 is 0 Å². The first-order valence-corrected chi connectivity index (χ1v) is 10.5. The quantitative estimate of drug-likeness (QED) is 0.516. The standard InChI is InChI=1S/C20H20N2O4S/c1-14-7-9-15(10-8-14)20(19(22(23)24)11-12-27(2,25)26)17-13-21-18-6-4-3-5-16(17)18/h3-11,13,20-21H,12H2,1-2H3/b19-11-. The minimum Gasteiger partial charge on any atom is -0.361 e. The SMILES string of the molecule is Cc1ccc(C(/C(=C/CS(C)(=O)=O)[N+](=O)[O-])c2c[nH]c3ccccc23)cc1. The van der Waals surface area contributed by atoms with Crippen LogP contribution >= 0.6 is 0 Å². The van der Waals surface area contributed by atoms with Gasteiger partial charge in [0.2, 0.25) is 0 Å². The highest BCUT2D eigenvalue weighted by molar-refractivity contribution is 7.90. The smallest absolute Gasteiger partial charge is 0.255 e. The third kappa shape index (κ3) is 4.25. The fourth-order valence-corrected chi connectivity index (χ4v) is 3.61. The number of hydrogen-bond donors (Lipinski definition) is 1. The van der Waals surface area contributed by atoms with Gasteiger partial charge in [-0.2, -0.15) is 0 Å². The van der Waals surface area contributed by atoms with Crippen molar-refractivity contribution in [1.82, 2.24) is 4.98 Å². The van der Waals surface area contributed by atoms with Gasteiger partial charge in [-0.1, -0.05) is 48.0 Å². The van der Waals surface area contributed by atoms with E-state index >= 15 is 0 Å². The summed E-state index contributed by atoms with van der Waals surface area (Å²) in [5, 5.41) is 12.7. The molecule has 0 saturated carbocycles. The van der Waals surface area contributed by atoms with E-state index < -0.39 is 20.7 Å². The molecule has 0 amide bonds. The molecule has 3 aromatic rings. The van der Waals surface area contributed by atoms with Gasteiger partial charge in [0, 0.05) is 29.4 Å². The Morgan fingerprint density at radius 1 is 1.19 bits per heavy atom. The van der Waals surface area contributed by atoms with Crippen LogP contribution in [0, 0.1) is 17.0 Å². The van der Waals surface area contributed by atoms with E-state index in [9.17, 15) is 18.5 Å². The maximum atomic E-state index is 11.9. The van der Waals surface area contributed by atoms with Crippen molar-refractivity contribution < 1.29 is 13.3 Å². The first kappa shape index (κ1) is 18.8. The molecule has 0 saturated heterocycles. The third-order valence-electron chi connectivity index (χ3n) is 4.44. The van der Waals surface area contributed by atoms with Crippen LogP contribution in [0.4, 0.5) is 0 Å². The summed E-state index contributed by atoms with van der Waals surface area (Å²) in [6, 6.07) is 15.0. The Morgan fingerprint density at radius 3 is 2.48 bits per heavy atom. The number of aromatic nitrogens is 1. The van der Waals surface area contributed by atoms with Crippen molar-refractivity contribution in [2.75, 3.05) is 12.0 Å². The van der Waals surface area contributed by atoms with Crippen LogP contribution in [-0.2, 0) is 9.84 Å². The molecule has 2 aromatic carbocycles. The maximum absolute atomic E-state index is 11.9. The molecule has 0 aliphatic carbocycles. The van der Waals surface area contributed by atoms with Gasteiger partial charge in [0.15, 0.2) is 9.84 Å². The third-order valence-corrected chi connectivity index (χ3v) is 5.22. The first-order chi connectivity index (χ1) is 12.8. The van der Waals surface area contributed by atoms with Crippen LogP contribution in [0.1, 0.15) is 22.6 Å². The second-order valence-electron chi connectivity index (χ2n) is 6.61. The number of sulfone groups is 1. The highest BCUT2D eigenvalue weighted by Crippen LogP contribution is 2.36. The number of nitro groups is 1. The summed E-state index contributed by atoms with van der Waals surface area (Å²) in [5.74, 6) is -1.06. The van der Waals surface area contributed by atoms with Crippen LogP contribution in [0.5, 0.6) is 0 Å². The molecule has 3 rings (SSSR count). The highest BCUT2D eigenvalue weighted by Gasteiger charge is 2.30. The van der Waals surface area contributed by atoms with E-state index in [4.69, 9.17) is 0 Å². The predicted molar refractivity (Wildman–Crippen MR) is 106 cm³/mol. The molecule has 1 unspecified atom stereocenters. The van der Waals surface area contributed by atoms with Crippen molar-refractivity contribution in [3.05, 3.63) is 93.3 Å². The van der Waals surface area contributed by atoms with Crippen LogP contribution in [0.3, 0.4) is 0 Å². The maximum Gasteiger partial charge on any atom is 0.255 e. The molecule has 0 bridgehead atoms. The van der Waals surface area contributed by atoms with Gasteiger partial charge in [-0.15, -0.1) is 0 Å². The molecule has 1 atom stereocenters. The number of hydrogen-bond acceptors (Lipinski definition) is 4. The van der Waals surface area contributed by atoms with Crippen molar-refractivity contribution >= 4 is 20.7 Å². The van der Waals surface area contributed by atoms with Crippen LogP contribution in [0.25, 0.3) is 10.9 Å². The first-order valence-electron chi connectivity index (χ1n) is 8.41. The fraction of sp³-hybridized carbons (Fsp3) is 0.200. The van der Waals surface area contributed by atoms with Gasteiger partial charge in [-0.3, -0.25) is 10.1 Å². The molecule has 1 N–H and O–H groups in total. The Bertz CT molecular complexity index is 1110. The minimum atomic E-state index is -3.38. The number of benzene rings is 2. The van der Waals surface area contributed by atoms with Crippen molar-refractivity contribution in [2.45, 2.75) is 12.8 Å². The number of nitrogens with one attached hydrogen (secondary N) is 1. The van der Waals surface area contributed by atoms with Crippen LogP contribution in [0.2, 0.25) is 0 Å². The fourth-order valence-electron chi connectivity index (χ4n) is 3.14. The number of H-pyrrole nitrogens is 1. The molecule has 0 aliphatic heterocycles. The Hall–Kier alpha value is -2.93. The largest absolute Gasteiger partial charge is 0.361 e. The summed E-state index contributed by atoms with van der Waals surface area (Å²) < 4.78 is 23.2. The molecule has 140 valence electrons. The Kier molecular flexibility index (Phi) is 5.14.